The fourth-order valence-corrected chi connectivity index (χ4v) is 4.15. The van der Waals surface area contributed by atoms with Crippen molar-refractivity contribution in [2.45, 2.75) is 6.54 Å². The molecule has 0 spiro atoms. The number of carbonyl (C=O) groups is 1. The van der Waals surface area contributed by atoms with Crippen LogP contribution in [-0.4, -0.2) is 20.6 Å². The van der Waals surface area contributed by atoms with Crippen LogP contribution in [0.3, 0.4) is 0 Å². The van der Waals surface area contributed by atoms with Crippen LogP contribution in [0.15, 0.2) is 71.2 Å². The monoisotopic (exact) mass is 526 g/mol. The van der Waals surface area contributed by atoms with Gasteiger partial charge in [-0.25, -0.2) is 8.42 Å². The van der Waals surface area contributed by atoms with E-state index in [4.69, 9.17) is 23.2 Å². The number of sulfonamides is 1. The lowest BCUT2D eigenvalue weighted by Crippen LogP contribution is -2.29. The molecule has 0 heterocycles. The number of nitrogens with one attached hydrogen (secondary N) is 1. The molecule has 1 N–H and O–H groups in total. The van der Waals surface area contributed by atoms with Crippen molar-refractivity contribution in [3.63, 3.8) is 0 Å². The highest BCUT2D eigenvalue weighted by Crippen LogP contribution is 2.26. The maximum absolute atomic E-state index is 12.5. The van der Waals surface area contributed by atoms with Gasteiger partial charge in [0, 0.05) is 20.7 Å². The van der Waals surface area contributed by atoms with E-state index < -0.39 is 10.0 Å². The van der Waals surface area contributed by atoms with E-state index in [1.807, 2.05) is 0 Å². The van der Waals surface area contributed by atoms with Gasteiger partial charge in [-0.15, -0.1) is 0 Å². The van der Waals surface area contributed by atoms with Gasteiger partial charge in [0.25, 0.3) is 5.91 Å². The number of amides is 1. The molecule has 0 bridgehead atoms. The standard InChI is InChI=1S/C21H17BrCl2N2O3S/c1-30(28,29)26(13-14-2-6-16(23)7-3-14)18-9-4-15(5-10-18)21(27)25-17-8-11-19(22)20(24)12-17/h2-12H,13H2,1H3,(H,25,27). The first kappa shape index (κ1) is 22.6. The molecule has 156 valence electrons. The van der Waals surface area contributed by atoms with Gasteiger partial charge in [0.2, 0.25) is 10.0 Å². The average Bonchev–Trinajstić information content (AvgIpc) is 2.69. The first-order valence-corrected chi connectivity index (χ1v) is 12.1. The Balaban J connectivity index is 1.79. The molecule has 0 aliphatic carbocycles. The van der Waals surface area contributed by atoms with Crippen LogP contribution in [0.1, 0.15) is 15.9 Å². The van der Waals surface area contributed by atoms with Gasteiger partial charge in [0.05, 0.1) is 23.5 Å². The highest BCUT2D eigenvalue weighted by Gasteiger charge is 2.18. The molecule has 3 rings (SSSR count). The summed E-state index contributed by atoms with van der Waals surface area (Å²) in [6, 6.07) is 18.4. The summed E-state index contributed by atoms with van der Waals surface area (Å²) in [6.07, 6.45) is 1.14. The Kier molecular flexibility index (Phi) is 7.08. The predicted octanol–water partition coefficient (Wildman–Crippen LogP) is 5.97. The topological polar surface area (TPSA) is 66.5 Å². The normalized spacial score (nSPS) is 11.2. The summed E-state index contributed by atoms with van der Waals surface area (Å²) in [7, 11) is -3.54. The molecular formula is C21H17BrCl2N2O3S. The maximum atomic E-state index is 12.5. The van der Waals surface area contributed by atoms with Crippen molar-refractivity contribution in [1.29, 1.82) is 0 Å². The first-order chi connectivity index (χ1) is 14.1. The van der Waals surface area contributed by atoms with Crippen molar-refractivity contribution in [1.82, 2.24) is 0 Å². The molecule has 0 aromatic heterocycles. The number of rotatable bonds is 6. The maximum Gasteiger partial charge on any atom is 0.255 e. The van der Waals surface area contributed by atoms with Crippen LogP contribution in [0, 0.1) is 0 Å². The fraction of sp³-hybridized carbons (Fsp3) is 0.0952. The molecule has 30 heavy (non-hydrogen) atoms. The Bertz CT molecular complexity index is 1170. The molecule has 3 aromatic carbocycles. The molecule has 3 aromatic rings. The zero-order valence-electron chi connectivity index (χ0n) is 15.8. The van der Waals surface area contributed by atoms with Crippen molar-refractivity contribution in [2.24, 2.45) is 0 Å². The smallest absolute Gasteiger partial charge is 0.255 e. The molecular weight excluding hydrogens is 511 g/mol. The zero-order valence-corrected chi connectivity index (χ0v) is 19.7. The van der Waals surface area contributed by atoms with Crippen LogP contribution in [0.5, 0.6) is 0 Å². The molecule has 0 radical (unpaired) electrons. The van der Waals surface area contributed by atoms with E-state index in [1.54, 1.807) is 66.7 Å². The van der Waals surface area contributed by atoms with Crippen molar-refractivity contribution in [3.05, 3.63) is 92.4 Å². The Morgan fingerprint density at radius 2 is 1.63 bits per heavy atom. The average molecular weight is 528 g/mol. The van der Waals surface area contributed by atoms with Gasteiger partial charge < -0.3 is 5.32 Å². The van der Waals surface area contributed by atoms with Gasteiger partial charge in [-0.2, -0.15) is 0 Å². The minimum Gasteiger partial charge on any atom is -0.322 e. The summed E-state index contributed by atoms with van der Waals surface area (Å²) in [5, 5.41) is 3.82. The van der Waals surface area contributed by atoms with E-state index in [1.165, 1.54) is 4.31 Å². The third-order valence-corrected chi connectivity index (χ3v) is 6.86. The molecule has 0 saturated carbocycles. The fourth-order valence-electron chi connectivity index (χ4n) is 2.71. The van der Waals surface area contributed by atoms with E-state index in [2.05, 4.69) is 21.2 Å². The lowest BCUT2D eigenvalue weighted by molar-refractivity contribution is 0.102. The summed E-state index contributed by atoms with van der Waals surface area (Å²) in [5.74, 6) is -0.330. The minimum absolute atomic E-state index is 0.152. The highest BCUT2D eigenvalue weighted by molar-refractivity contribution is 9.10. The lowest BCUT2D eigenvalue weighted by atomic mass is 10.1. The Morgan fingerprint density at radius 1 is 1.00 bits per heavy atom. The van der Waals surface area contributed by atoms with E-state index in [0.29, 0.717) is 27.0 Å². The SMILES string of the molecule is CS(=O)(=O)N(Cc1ccc(Cl)cc1)c1ccc(C(=O)Nc2ccc(Br)c(Cl)c2)cc1. The Labute approximate surface area is 193 Å². The largest absolute Gasteiger partial charge is 0.322 e. The van der Waals surface area contributed by atoms with E-state index in [-0.39, 0.29) is 12.5 Å². The molecule has 0 fully saturated rings. The second kappa shape index (κ2) is 9.39. The molecule has 5 nitrogen and oxygen atoms in total. The molecule has 0 aliphatic rings. The summed E-state index contributed by atoms with van der Waals surface area (Å²) in [6.45, 7) is 0.152. The number of nitrogens with zero attached hydrogens (tertiary/aromatic N) is 1. The van der Waals surface area contributed by atoms with Crippen molar-refractivity contribution in [3.8, 4) is 0 Å². The molecule has 0 aliphatic heterocycles. The van der Waals surface area contributed by atoms with Gasteiger partial charge in [-0.3, -0.25) is 9.10 Å². The minimum atomic E-state index is -3.54. The van der Waals surface area contributed by atoms with Crippen LogP contribution in [0.4, 0.5) is 11.4 Å². The predicted molar refractivity (Wildman–Crippen MR) is 126 cm³/mol. The third-order valence-electron chi connectivity index (χ3n) is 4.23. The lowest BCUT2D eigenvalue weighted by Gasteiger charge is -2.23. The zero-order chi connectivity index (χ0) is 21.9. The van der Waals surface area contributed by atoms with E-state index in [9.17, 15) is 13.2 Å². The number of hydrogen-bond acceptors (Lipinski definition) is 3. The molecule has 1 amide bonds. The van der Waals surface area contributed by atoms with Crippen LogP contribution in [0.25, 0.3) is 0 Å². The highest BCUT2D eigenvalue weighted by atomic mass is 79.9. The number of benzene rings is 3. The second-order valence-corrected chi connectivity index (χ2v) is 10.1. The van der Waals surface area contributed by atoms with Crippen LogP contribution in [-0.2, 0) is 16.6 Å². The van der Waals surface area contributed by atoms with Crippen LogP contribution >= 0.6 is 39.1 Å². The molecule has 9 heteroatoms. The summed E-state index contributed by atoms with van der Waals surface area (Å²) in [5.41, 5.74) is 2.19. The van der Waals surface area contributed by atoms with Gasteiger partial charge in [-0.1, -0.05) is 35.3 Å². The number of halogens is 3. The summed E-state index contributed by atoms with van der Waals surface area (Å²) >= 11 is 15.2. The molecule has 0 saturated heterocycles. The number of anilines is 2. The van der Waals surface area contributed by atoms with Crippen molar-refractivity contribution in [2.75, 3.05) is 15.9 Å². The van der Waals surface area contributed by atoms with Gasteiger partial charge in [0.15, 0.2) is 0 Å². The van der Waals surface area contributed by atoms with Gasteiger partial charge in [0.1, 0.15) is 0 Å². The van der Waals surface area contributed by atoms with Gasteiger partial charge in [-0.05, 0) is 76.1 Å². The Hall–Kier alpha value is -2.06. The van der Waals surface area contributed by atoms with E-state index in [0.717, 1.165) is 16.3 Å². The molecule has 0 atom stereocenters. The summed E-state index contributed by atoms with van der Waals surface area (Å²) < 4.78 is 26.7. The first-order valence-electron chi connectivity index (χ1n) is 8.72. The van der Waals surface area contributed by atoms with Crippen molar-refractivity contribution < 1.29 is 13.2 Å². The van der Waals surface area contributed by atoms with Crippen LogP contribution < -0.4 is 9.62 Å². The number of carbonyl (C=O) groups excluding carboxylic acids is 1. The quantitative estimate of drug-likeness (QED) is 0.429. The number of hydrogen-bond donors (Lipinski definition) is 1. The second-order valence-electron chi connectivity index (χ2n) is 6.53. The Morgan fingerprint density at radius 3 is 2.20 bits per heavy atom. The summed E-state index contributed by atoms with van der Waals surface area (Å²) in [4.78, 5) is 12.5. The van der Waals surface area contributed by atoms with E-state index >= 15 is 0 Å². The van der Waals surface area contributed by atoms with Gasteiger partial charge >= 0.3 is 0 Å². The van der Waals surface area contributed by atoms with Crippen LogP contribution in [0.2, 0.25) is 10.0 Å². The molecule has 0 unspecified atom stereocenters. The third kappa shape index (κ3) is 5.76. The van der Waals surface area contributed by atoms with Crippen molar-refractivity contribution >= 4 is 66.4 Å².